The summed E-state index contributed by atoms with van der Waals surface area (Å²) in [5.41, 5.74) is 5.74. The molecule has 1 aromatic heterocycles. The summed E-state index contributed by atoms with van der Waals surface area (Å²) >= 11 is 0. The van der Waals surface area contributed by atoms with Gasteiger partial charge in [0, 0.05) is 17.9 Å². The topological polar surface area (TPSA) is 28.7 Å². The highest BCUT2D eigenvalue weighted by Crippen LogP contribution is 2.23. The van der Waals surface area contributed by atoms with Crippen LogP contribution in [0.5, 0.6) is 0 Å². The number of halogens is 1. The van der Waals surface area contributed by atoms with Crippen molar-refractivity contribution >= 4 is 11.6 Å². The fraction of sp³-hybridized carbons (Fsp3) is 0.136. The van der Waals surface area contributed by atoms with Gasteiger partial charge in [0.2, 0.25) is 0 Å². The van der Waals surface area contributed by atoms with Crippen LogP contribution in [0.1, 0.15) is 28.1 Å². The third-order valence-electron chi connectivity index (χ3n) is 4.37. The Labute approximate surface area is 147 Å². The summed E-state index contributed by atoms with van der Waals surface area (Å²) in [5, 5.41) is 9.49. The molecule has 0 radical (unpaired) electrons. The molecule has 3 heteroatoms. The summed E-state index contributed by atoms with van der Waals surface area (Å²) < 4.78 is 15.3. The van der Waals surface area contributed by atoms with Crippen LogP contribution in [0.15, 0.2) is 60.7 Å². The minimum Gasteiger partial charge on any atom is -0.344 e. The van der Waals surface area contributed by atoms with E-state index in [2.05, 4.69) is 42.7 Å². The first kappa shape index (κ1) is 16.7. The Bertz CT molecular complexity index is 942. The molecule has 2 nitrogen and oxygen atoms in total. The monoisotopic (exact) mass is 330 g/mol. The van der Waals surface area contributed by atoms with Gasteiger partial charge >= 0.3 is 0 Å². The first-order valence-corrected chi connectivity index (χ1v) is 8.17. The van der Waals surface area contributed by atoms with Crippen molar-refractivity contribution in [1.29, 1.82) is 5.26 Å². The van der Waals surface area contributed by atoms with E-state index < -0.39 is 0 Å². The molecule has 0 saturated heterocycles. The number of nitriles is 1. The van der Waals surface area contributed by atoms with Crippen LogP contribution in [0, 0.1) is 31.0 Å². The summed E-state index contributed by atoms with van der Waals surface area (Å²) in [5.74, 6) is -0.304. The molecule has 0 aliphatic rings. The van der Waals surface area contributed by atoms with Crippen molar-refractivity contribution in [3.63, 3.8) is 0 Å². The Hall–Kier alpha value is -3.12. The van der Waals surface area contributed by atoms with E-state index >= 15 is 0 Å². The standard InChI is InChI=1S/C22H19FN2/c1-16-12-20(13-21(14-24)19-8-10-22(23)11-9-19)17(2)25(16)15-18-6-4-3-5-7-18/h3-13H,15H2,1-2H3. The van der Waals surface area contributed by atoms with Gasteiger partial charge in [0.25, 0.3) is 0 Å². The second kappa shape index (κ2) is 7.19. The molecule has 0 spiro atoms. The van der Waals surface area contributed by atoms with Crippen molar-refractivity contribution < 1.29 is 4.39 Å². The predicted molar refractivity (Wildman–Crippen MR) is 99.3 cm³/mol. The van der Waals surface area contributed by atoms with Gasteiger partial charge in [-0.05, 0) is 54.8 Å². The first-order valence-electron chi connectivity index (χ1n) is 8.17. The van der Waals surface area contributed by atoms with Crippen LogP contribution in [-0.2, 0) is 6.54 Å². The van der Waals surface area contributed by atoms with Crippen LogP contribution >= 0.6 is 0 Å². The van der Waals surface area contributed by atoms with Gasteiger partial charge in [-0.25, -0.2) is 4.39 Å². The van der Waals surface area contributed by atoms with Gasteiger partial charge in [0.05, 0.1) is 11.6 Å². The molecule has 1 heterocycles. The van der Waals surface area contributed by atoms with Gasteiger partial charge in [-0.1, -0.05) is 42.5 Å². The Kier molecular flexibility index (Phi) is 4.81. The van der Waals surface area contributed by atoms with Crippen molar-refractivity contribution in [2.24, 2.45) is 0 Å². The molecule has 0 fully saturated rings. The second-order valence-corrected chi connectivity index (χ2v) is 6.07. The zero-order valence-corrected chi connectivity index (χ0v) is 14.3. The van der Waals surface area contributed by atoms with Crippen LogP contribution in [-0.4, -0.2) is 4.57 Å². The van der Waals surface area contributed by atoms with Crippen LogP contribution in [0.2, 0.25) is 0 Å². The predicted octanol–water partition coefficient (Wildman–Crippen LogP) is 5.36. The van der Waals surface area contributed by atoms with Crippen LogP contribution in [0.25, 0.3) is 11.6 Å². The number of aryl methyl sites for hydroxylation is 1. The highest BCUT2D eigenvalue weighted by atomic mass is 19.1. The minimum atomic E-state index is -0.304. The van der Waals surface area contributed by atoms with E-state index in [1.54, 1.807) is 12.1 Å². The number of aromatic nitrogens is 1. The Morgan fingerprint density at radius 2 is 1.76 bits per heavy atom. The van der Waals surface area contributed by atoms with E-state index in [1.807, 2.05) is 24.3 Å². The number of allylic oxidation sites excluding steroid dienone is 1. The van der Waals surface area contributed by atoms with Gasteiger partial charge in [-0.15, -0.1) is 0 Å². The van der Waals surface area contributed by atoms with Gasteiger partial charge in [-0.2, -0.15) is 5.26 Å². The summed E-state index contributed by atoms with van der Waals surface area (Å²) in [6.45, 7) is 4.92. The molecule has 3 aromatic rings. The molecule has 25 heavy (non-hydrogen) atoms. The lowest BCUT2D eigenvalue weighted by Gasteiger charge is -2.09. The van der Waals surface area contributed by atoms with Crippen LogP contribution in [0.4, 0.5) is 4.39 Å². The average Bonchev–Trinajstić information content (AvgIpc) is 2.89. The molecular formula is C22H19FN2. The normalized spacial score (nSPS) is 11.4. The third kappa shape index (κ3) is 3.70. The zero-order valence-electron chi connectivity index (χ0n) is 14.3. The fourth-order valence-corrected chi connectivity index (χ4v) is 2.95. The number of benzene rings is 2. The van der Waals surface area contributed by atoms with E-state index in [1.165, 1.54) is 17.7 Å². The van der Waals surface area contributed by atoms with Crippen molar-refractivity contribution in [3.8, 4) is 6.07 Å². The molecule has 0 bridgehead atoms. The molecule has 0 atom stereocenters. The van der Waals surface area contributed by atoms with Crippen LogP contribution in [0.3, 0.4) is 0 Å². The average molecular weight is 330 g/mol. The molecule has 124 valence electrons. The molecule has 2 aromatic carbocycles. The van der Waals surface area contributed by atoms with Crippen molar-refractivity contribution in [2.45, 2.75) is 20.4 Å². The molecule has 0 N–H and O–H groups in total. The highest BCUT2D eigenvalue weighted by molar-refractivity contribution is 5.90. The van der Waals surface area contributed by atoms with E-state index in [-0.39, 0.29) is 5.82 Å². The Morgan fingerprint density at radius 1 is 1.08 bits per heavy atom. The van der Waals surface area contributed by atoms with Gasteiger partial charge in [-0.3, -0.25) is 0 Å². The second-order valence-electron chi connectivity index (χ2n) is 6.07. The Morgan fingerprint density at radius 3 is 2.40 bits per heavy atom. The lowest BCUT2D eigenvalue weighted by atomic mass is 10.0. The Balaban J connectivity index is 1.96. The van der Waals surface area contributed by atoms with Crippen molar-refractivity contribution in [1.82, 2.24) is 4.57 Å². The number of nitrogens with zero attached hydrogens (tertiary/aromatic N) is 2. The smallest absolute Gasteiger partial charge is 0.123 e. The quantitative estimate of drug-likeness (QED) is 0.592. The van der Waals surface area contributed by atoms with Crippen LogP contribution < -0.4 is 0 Å². The van der Waals surface area contributed by atoms with Crippen molar-refractivity contribution in [2.75, 3.05) is 0 Å². The van der Waals surface area contributed by atoms with E-state index in [9.17, 15) is 9.65 Å². The van der Waals surface area contributed by atoms with Crippen molar-refractivity contribution in [3.05, 3.63) is 94.6 Å². The molecule has 0 aliphatic heterocycles. The summed E-state index contributed by atoms with van der Waals surface area (Å²) in [7, 11) is 0. The van der Waals surface area contributed by atoms with Gasteiger partial charge in [0.1, 0.15) is 5.82 Å². The highest BCUT2D eigenvalue weighted by Gasteiger charge is 2.10. The van der Waals surface area contributed by atoms with E-state index in [0.29, 0.717) is 5.57 Å². The number of hydrogen-bond donors (Lipinski definition) is 0. The maximum Gasteiger partial charge on any atom is 0.123 e. The van der Waals surface area contributed by atoms with Gasteiger partial charge < -0.3 is 4.57 Å². The SMILES string of the molecule is Cc1cc(C=C(C#N)c2ccc(F)cc2)c(C)n1Cc1ccccc1. The lowest BCUT2D eigenvalue weighted by Crippen LogP contribution is -2.03. The molecule has 0 saturated carbocycles. The molecular weight excluding hydrogens is 311 g/mol. The summed E-state index contributed by atoms with van der Waals surface area (Å²) in [6, 6.07) is 20.6. The molecule has 0 unspecified atom stereocenters. The van der Waals surface area contributed by atoms with E-state index in [0.717, 1.165) is 29.1 Å². The summed E-state index contributed by atoms with van der Waals surface area (Å²) in [4.78, 5) is 0. The first-order chi connectivity index (χ1) is 12.1. The maximum absolute atomic E-state index is 13.1. The van der Waals surface area contributed by atoms with E-state index in [4.69, 9.17) is 0 Å². The number of hydrogen-bond acceptors (Lipinski definition) is 1. The lowest BCUT2D eigenvalue weighted by molar-refractivity contribution is 0.627. The molecule has 0 amide bonds. The maximum atomic E-state index is 13.1. The summed E-state index contributed by atoms with van der Waals surface area (Å²) in [6.07, 6.45) is 1.87. The number of rotatable bonds is 4. The minimum absolute atomic E-state index is 0.304. The molecule has 0 aliphatic carbocycles. The fourth-order valence-electron chi connectivity index (χ4n) is 2.95. The largest absolute Gasteiger partial charge is 0.344 e. The van der Waals surface area contributed by atoms with Gasteiger partial charge in [0.15, 0.2) is 0 Å². The third-order valence-corrected chi connectivity index (χ3v) is 4.37. The molecule has 3 rings (SSSR count). The zero-order chi connectivity index (χ0) is 17.8.